The largest absolute Gasteiger partial charge is 0.494 e. The molecule has 2 heterocycles. The number of aromatic nitrogens is 4. The van der Waals surface area contributed by atoms with Crippen molar-refractivity contribution in [2.45, 2.75) is 17.1 Å². The third-order valence-electron chi connectivity index (χ3n) is 3.90. The second-order valence-electron chi connectivity index (χ2n) is 5.70. The molecule has 4 aromatic rings. The van der Waals surface area contributed by atoms with E-state index in [-0.39, 0.29) is 0 Å². The van der Waals surface area contributed by atoms with Crippen molar-refractivity contribution in [2.24, 2.45) is 0 Å². The molecule has 0 aliphatic carbocycles. The summed E-state index contributed by atoms with van der Waals surface area (Å²) in [5.74, 6) is 1.63. The molecule has 5 nitrogen and oxygen atoms in total. The van der Waals surface area contributed by atoms with Crippen LogP contribution in [0, 0.1) is 0 Å². The minimum absolute atomic E-state index is 0.641. The normalized spacial score (nSPS) is 10.7. The quantitative estimate of drug-likeness (QED) is 0.481. The SMILES string of the molecule is CCOc1ccc(-n2c(Sc3ccccn3)nnc2-c2ccccc2)cc1. The van der Waals surface area contributed by atoms with Gasteiger partial charge in [-0.05, 0) is 55.1 Å². The first-order chi connectivity index (χ1) is 13.3. The van der Waals surface area contributed by atoms with E-state index in [2.05, 4.69) is 15.2 Å². The molecule has 27 heavy (non-hydrogen) atoms. The maximum atomic E-state index is 5.56. The third kappa shape index (κ3) is 3.85. The summed E-state index contributed by atoms with van der Waals surface area (Å²) in [4.78, 5) is 4.39. The van der Waals surface area contributed by atoms with E-state index in [0.29, 0.717) is 6.61 Å². The maximum absolute atomic E-state index is 5.56. The number of benzene rings is 2. The van der Waals surface area contributed by atoms with Crippen LogP contribution in [-0.2, 0) is 0 Å². The molecule has 0 aliphatic rings. The zero-order valence-corrected chi connectivity index (χ0v) is 15.6. The van der Waals surface area contributed by atoms with Crippen LogP contribution in [-0.4, -0.2) is 26.4 Å². The van der Waals surface area contributed by atoms with Gasteiger partial charge in [-0.2, -0.15) is 0 Å². The van der Waals surface area contributed by atoms with Crippen molar-refractivity contribution < 1.29 is 4.74 Å². The highest BCUT2D eigenvalue weighted by Gasteiger charge is 2.17. The van der Waals surface area contributed by atoms with Gasteiger partial charge < -0.3 is 4.74 Å². The van der Waals surface area contributed by atoms with Gasteiger partial charge in [-0.15, -0.1) is 10.2 Å². The molecule has 0 bridgehead atoms. The predicted octanol–water partition coefficient (Wildman–Crippen LogP) is 4.88. The van der Waals surface area contributed by atoms with Gasteiger partial charge in [-0.3, -0.25) is 4.57 Å². The molecular formula is C21H18N4OS. The van der Waals surface area contributed by atoms with Crippen LogP contribution in [0.3, 0.4) is 0 Å². The van der Waals surface area contributed by atoms with Gasteiger partial charge in [-0.1, -0.05) is 36.4 Å². The van der Waals surface area contributed by atoms with Crippen molar-refractivity contribution in [3.8, 4) is 22.8 Å². The Kier molecular flexibility index (Phi) is 5.16. The zero-order chi connectivity index (χ0) is 18.5. The zero-order valence-electron chi connectivity index (χ0n) is 14.8. The Bertz CT molecular complexity index is 1000. The number of pyridine rings is 1. The van der Waals surface area contributed by atoms with Crippen LogP contribution >= 0.6 is 11.8 Å². The second-order valence-corrected chi connectivity index (χ2v) is 6.69. The Labute approximate surface area is 162 Å². The lowest BCUT2D eigenvalue weighted by Crippen LogP contribution is -2.00. The van der Waals surface area contributed by atoms with Crippen LogP contribution in [0.5, 0.6) is 5.75 Å². The molecule has 2 aromatic carbocycles. The maximum Gasteiger partial charge on any atom is 0.202 e. The molecule has 0 amide bonds. The van der Waals surface area contributed by atoms with Gasteiger partial charge in [0.25, 0.3) is 0 Å². The first-order valence-electron chi connectivity index (χ1n) is 8.68. The highest BCUT2D eigenvalue weighted by Crippen LogP contribution is 2.31. The monoisotopic (exact) mass is 374 g/mol. The molecule has 0 aliphatic heterocycles. The van der Waals surface area contributed by atoms with Gasteiger partial charge in [0.1, 0.15) is 10.8 Å². The topological polar surface area (TPSA) is 52.8 Å². The van der Waals surface area contributed by atoms with E-state index in [1.807, 2.05) is 84.3 Å². The van der Waals surface area contributed by atoms with Gasteiger partial charge in [-0.25, -0.2) is 4.98 Å². The lowest BCUT2D eigenvalue weighted by atomic mass is 10.2. The van der Waals surface area contributed by atoms with Crippen LogP contribution in [0.25, 0.3) is 17.1 Å². The minimum Gasteiger partial charge on any atom is -0.494 e. The molecule has 6 heteroatoms. The van der Waals surface area contributed by atoms with Gasteiger partial charge in [0, 0.05) is 11.8 Å². The summed E-state index contributed by atoms with van der Waals surface area (Å²) in [6, 6.07) is 23.8. The lowest BCUT2D eigenvalue weighted by molar-refractivity contribution is 0.340. The van der Waals surface area contributed by atoms with E-state index < -0.39 is 0 Å². The average molecular weight is 374 g/mol. The molecule has 134 valence electrons. The number of hydrogen-bond donors (Lipinski definition) is 0. The van der Waals surface area contributed by atoms with Crippen LogP contribution in [0.4, 0.5) is 0 Å². The molecule has 0 fully saturated rings. The fourth-order valence-corrected chi connectivity index (χ4v) is 3.51. The highest BCUT2D eigenvalue weighted by molar-refractivity contribution is 7.99. The fraction of sp³-hybridized carbons (Fsp3) is 0.0952. The average Bonchev–Trinajstić information content (AvgIpc) is 3.14. The van der Waals surface area contributed by atoms with Crippen LogP contribution in [0.1, 0.15) is 6.92 Å². The first-order valence-corrected chi connectivity index (χ1v) is 9.50. The summed E-state index contributed by atoms with van der Waals surface area (Å²) < 4.78 is 7.61. The molecule has 0 saturated heterocycles. The Morgan fingerprint density at radius 3 is 2.37 bits per heavy atom. The summed E-state index contributed by atoms with van der Waals surface area (Å²) in [5.41, 5.74) is 1.98. The Balaban J connectivity index is 1.79. The molecule has 0 atom stereocenters. The van der Waals surface area contributed by atoms with Crippen LogP contribution in [0.2, 0.25) is 0 Å². The molecule has 0 N–H and O–H groups in total. The van der Waals surface area contributed by atoms with Gasteiger partial charge in [0.05, 0.1) is 12.3 Å². The van der Waals surface area contributed by atoms with E-state index in [4.69, 9.17) is 4.74 Å². The van der Waals surface area contributed by atoms with Crippen molar-refractivity contribution >= 4 is 11.8 Å². The lowest BCUT2D eigenvalue weighted by Gasteiger charge is -2.11. The number of ether oxygens (including phenoxy) is 1. The molecular weight excluding hydrogens is 356 g/mol. The summed E-state index contributed by atoms with van der Waals surface area (Å²) in [6.07, 6.45) is 1.78. The number of rotatable bonds is 6. The molecule has 0 unspecified atom stereocenters. The highest BCUT2D eigenvalue weighted by atomic mass is 32.2. The first kappa shape index (κ1) is 17.3. The van der Waals surface area contributed by atoms with E-state index in [9.17, 15) is 0 Å². The van der Waals surface area contributed by atoms with E-state index in [1.54, 1.807) is 6.20 Å². The van der Waals surface area contributed by atoms with E-state index in [1.165, 1.54) is 11.8 Å². The smallest absolute Gasteiger partial charge is 0.202 e. The van der Waals surface area contributed by atoms with Crippen LogP contribution < -0.4 is 4.74 Å². The van der Waals surface area contributed by atoms with Gasteiger partial charge in [0.15, 0.2) is 5.82 Å². The van der Waals surface area contributed by atoms with Crippen molar-refractivity contribution in [3.05, 3.63) is 79.0 Å². The minimum atomic E-state index is 0.641. The fourth-order valence-electron chi connectivity index (χ4n) is 2.70. The van der Waals surface area contributed by atoms with E-state index >= 15 is 0 Å². The van der Waals surface area contributed by atoms with Gasteiger partial charge in [0.2, 0.25) is 5.16 Å². The van der Waals surface area contributed by atoms with Crippen molar-refractivity contribution in [1.82, 2.24) is 19.7 Å². The Hall–Kier alpha value is -3.12. The number of hydrogen-bond acceptors (Lipinski definition) is 5. The second kappa shape index (κ2) is 8.05. The number of nitrogens with zero attached hydrogens (tertiary/aromatic N) is 4. The molecule has 2 aromatic heterocycles. The summed E-state index contributed by atoms with van der Waals surface area (Å²) in [7, 11) is 0. The standard InChI is InChI=1S/C21H18N4OS/c1-2-26-18-13-11-17(12-14-18)25-20(16-8-4-3-5-9-16)23-24-21(25)27-19-10-6-7-15-22-19/h3-15H,2H2,1H3. The van der Waals surface area contributed by atoms with Crippen molar-refractivity contribution in [3.63, 3.8) is 0 Å². The molecule has 4 rings (SSSR count). The molecule has 0 spiro atoms. The van der Waals surface area contributed by atoms with Crippen LogP contribution in [0.15, 0.2) is 89.2 Å². The summed E-state index contributed by atoms with van der Waals surface area (Å²) in [6.45, 7) is 2.62. The predicted molar refractivity (Wildman–Crippen MR) is 106 cm³/mol. The molecule has 0 radical (unpaired) electrons. The van der Waals surface area contributed by atoms with Crippen molar-refractivity contribution in [2.75, 3.05) is 6.61 Å². The third-order valence-corrected chi connectivity index (χ3v) is 4.80. The molecule has 0 saturated carbocycles. The Morgan fingerprint density at radius 1 is 0.889 bits per heavy atom. The van der Waals surface area contributed by atoms with E-state index in [0.717, 1.165) is 33.0 Å². The summed E-state index contributed by atoms with van der Waals surface area (Å²) >= 11 is 1.49. The van der Waals surface area contributed by atoms with Gasteiger partial charge >= 0.3 is 0 Å². The summed E-state index contributed by atoms with van der Waals surface area (Å²) in [5, 5.41) is 10.5. The Morgan fingerprint density at radius 2 is 1.67 bits per heavy atom. The van der Waals surface area contributed by atoms with Crippen molar-refractivity contribution in [1.29, 1.82) is 0 Å².